The van der Waals surface area contributed by atoms with E-state index in [0.29, 0.717) is 5.56 Å². The Morgan fingerprint density at radius 2 is 2.12 bits per heavy atom. The van der Waals surface area contributed by atoms with Gasteiger partial charge in [-0.2, -0.15) is 0 Å². The summed E-state index contributed by atoms with van der Waals surface area (Å²) in [6, 6.07) is 7.32. The summed E-state index contributed by atoms with van der Waals surface area (Å²) in [6.07, 6.45) is 0. The first-order valence-electron chi connectivity index (χ1n) is 5.06. The summed E-state index contributed by atoms with van der Waals surface area (Å²) in [4.78, 5) is 13.0. The fourth-order valence-corrected chi connectivity index (χ4v) is 2.97. The average molecular weight is 311 g/mol. The molecule has 0 radical (unpaired) electrons. The van der Waals surface area contributed by atoms with Crippen molar-refractivity contribution in [2.45, 2.75) is 6.92 Å². The average Bonchev–Trinajstić information content (AvgIpc) is 2.74. The Kier molecular flexibility index (Phi) is 3.64. The number of ketones is 1. The topological polar surface area (TPSA) is 26.3 Å². The van der Waals surface area contributed by atoms with Gasteiger partial charge in [0.15, 0.2) is 0 Å². The van der Waals surface area contributed by atoms with E-state index in [1.54, 1.807) is 25.3 Å². The molecule has 4 heteroatoms. The van der Waals surface area contributed by atoms with E-state index in [4.69, 9.17) is 4.74 Å². The molecule has 1 aromatic carbocycles. The molecule has 0 aliphatic carbocycles. The van der Waals surface area contributed by atoms with Crippen LogP contribution >= 0.6 is 27.3 Å². The smallest absolute Gasteiger partial charge is 0.203 e. The molecule has 0 bridgehead atoms. The number of hydrogen-bond acceptors (Lipinski definition) is 3. The predicted molar refractivity (Wildman–Crippen MR) is 73.2 cm³/mol. The number of aryl methyl sites for hydroxylation is 1. The van der Waals surface area contributed by atoms with Crippen LogP contribution in [-0.4, -0.2) is 12.9 Å². The molecular formula is C13H11BrO2S. The molecule has 2 nitrogen and oxygen atoms in total. The predicted octanol–water partition coefficient (Wildman–Crippen LogP) is 4.06. The van der Waals surface area contributed by atoms with Crippen molar-refractivity contribution in [2.24, 2.45) is 0 Å². The first kappa shape index (κ1) is 12.3. The van der Waals surface area contributed by atoms with Crippen molar-refractivity contribution in [1.82, 2.24) is 0 Å². The summed E-state index contributed by atoms with van der Waals surface area (Å²) in [5, 5.41) is 1.93. The van der Waals surface area contributed by atoms with Gasteiger partial charge in [-0.15, -0.1) is 11.3 Å². The summed E-state index contributed by atoms with van der Waals surface area (Å²) < 4.78 is 5.93. The van der Waals surface area contributed by atoms with Crippen molar-refractivity contribution in [1.29, 1.82) is 0 Å². The second kappa shape index (κ2) is 5.02. The Balaban J connectivity index is 2.39. The lowest BCUT2D eigenvalue weighted by atomic mass is 10.1. The van der Waals surface area contributed by atoms with Crippen molar-refractivity contribution in [3.05, 3.63) is 50.1 Å². The van der Waals surface area contributed by atoms with E-state index in [9.17, 15) is 4.79 Å². The maximum absolute atomic E-state index is 12.2. The second-order valence-electron chi connectivity index (χ2n) is 3.61. The van der Waals surface area contributed by atoms with E-state index in [-0.39, 0.29) is 5.78 Å². The van der Waals surface area contributed by atoms with Crippen LogP contribution in [0.1, 0.15) is 20.8 Å². The number of ether oxygens (including phenoxy) is 1. The van der Waals surface area contributed by atoms with Gasteiger partial charge in [-0.1, -0.05) is 0 Å². The summed E-state index contributed by atoms with van der Waals surface area (Å²) in [7, 11) is 1.60. The monoisotopic (exact) mass is 310 g/mol. The van der Waals surface area contributed by atoms with Crippen molar-refractivity contribution >= 4 is 33.0 Å². The van der Waals surface area contributed by atoms with E-state index in [0.717, 1.165) is 20.7 Å². The van der Waals surface area contributed by atoms with Crippen molar-refractivity contribution < 1.29 is 9.53 Å². The Labute approximate surface area is 112 Å². The highest BCUT2D eigenvalue weighted by atomic mass is 79.9. The maximum Gasteiger partial charge on any atom is 0.203 e. The zero-order valence-corrected chi connectivity index (χ0v) is 11.9. The number of hydrogen-bond donors (Lipinski definition) is 0. The van der Waals surface area contributed by atoms with Gasteiger partial charge in [-0.05, 0) is 58.1 Å². The quantitative estimate of drug-likeness (QED) is 0.799. The van der Waals surface area contributed by atoms with E-state index in [1.165, 1.54) is 11.3 Å². The number of thiophene rings is 1. The third-order valence-electron chi connectivity index (χ3n) is 2.48. The highest BCUT2D eigenvalue weighted by Crippen LogP contribution is 2.28. The lowest BCUT2D eigenvalue weighted by Crippen LogP contribution is -2.00. The van der Waals surface area contributed by atoms with Gasteiger partial charge in [0.2, 0.25) is 5.78 Å². The van der Waals surface area contributed by atoms with Crippen LogP contribution in [0.3, 0.4) is 0 Å². The number of benzene rings is 1. The van der Waals surface area contributed by atoms with Crippen LogP contribution in [0.15, 0.2) is 34.1 Å². The molecule has 2 aromatic rings. The highest BCUT2D eigenvalue weighted by Gasteiger charge is 2.14. The molecule has 2 rings (SSSR count). The van der Waals surface area contributed by atoms with E-state index in [1.807, 2.05) is 18.4 Å². The summed E-state index contributed by atoms with van der Waals surface area (Å²) >= 11 is 4.86. The van der Waals surface area contributed by atoms with Crippen LogP contribution in [0.25, 0.3) is 0 Å². The molecular weight excluding hydrogens is 300 g/mol. The summed E-state index contributed by atoms with van der Waals surface area (Å²) in [6.45, 7) is 1.95. The van der Waals surface area contributed by atoms with Crippen molar-refractivity contribution in [3.8, 4) is 5.75 Å². The molecule has 0 saturated carbocycles. The van der Waals surface area contributed by atoms with Crippen LogP contribution < -0.4 is 4.74 Å². The fraction of sp³-hybridized carbons (Fsp3) is 0.154. The van der Waals surface area contributed by atoms with E-state index >= 15 is 0 Å². The standard InChI is InChI=1S/C13H11BrO2S/c1-8-5-6-17-13(8)12(15)9-3-4-11(16-2)10(14)7-9/h3-7H,1-2H3. The molecule has 0 atom stereocenters. The molecule has 17 heavy (non-hydrogen) atoms. The molecule has 0 N–H and O–H groups in total. The minimum atomic E-state index is 0.0563. The Morgan fingerprint density at radius 3 is 2.65 bits per heavy atom. The van der Waals surface area contributed by atoms with Crippen LogP contribution in [0, 0.1) is 6.92 Å². The molecule has 0 fully saturated rings. The SMILES string of the molecule is COc1ccc(C(=O)c2sccc2C)cc1Br. The minimum absolute atomic E-state index is 0.0563. The lowest BCUT2D eigenvalue weighted by Gasteiger charge is -2.05. The number of halogens is 1. The first-order valence-corrected chi connectivity index (χ1v) is 6.73. The summed E-state index contributed by atoms with van der Waals surface area (Å²) in [5.74, 6) is 0.783. The molecule has 0 saturated heterocycles. The third-order valence-corrected chi connectivity index (χ3v) is 4.12. The maximum atomic E-state index is 12.2. The molecule has 0 spiro atoms. The molecule has 1 heterocycles. The normalized spacial score (nSPS) is 10.3. The van der Waals surface area contributed by atoms with Crippen LogP contribution in [0.4, 0.5) is 0 Å². The number of rotatable bonds is 3. The minimum Gasteiger partial charge on any atom is -0.496 e. The zero-order chi connectivity index (χ0) is 12.4. The Hall–Kier alpha value is -1.13. The molecule has 0 aliphatic rings. The van der Waals surface area contributed by atoms with Crippen LogP contribution in [0.5, 0.6) is 5.75 Å². The molecule has 88 valence electrons. The number of carbonyl (C=O) groups excluding carboxylic acids is 1. The van der Waals surface area contributed by atoms with Gasteiger partial charge < -0.3 is 4.74 Å². The molecule has 0 aliphatic heterocycles. The summed E-state index contributed by atoms with van der Waals surface area (Å²) in [5.41, 5.74) is 1.69. The van der Waals surface area contributed by atoms with Gasteiger partial charge in [0.25, 0.3) is 0 Å². The van der Waals surface area contributed by atoms with E-state index < -0.39 is 0 Å². The van der Waals surface area contributed by atoms with Crippen LogP contribution in [0.2, 0.25) is 0 Å². The van der Waals surface area contributed by atoms with Gasteiger partial charge in [0.05, 0.1) is 16.5 Å². The second-order valence-corrected chi connectivity index (χ2v) is 5.38. The molecule has 1 aromatic heterocycles. The van der Waals surface area contributed by atoms with E-state index in [2.05, 4.69) is 15.9 Å². The van der Waals surface area contributed by atoms with Gasteiger partial charge in [-0.25, -0.2) is 0 Å². The van der Waals surface area contributed by atoms with Crippen LogP contribution in [-0.2, 0) is 0 Å². The van der Waals surface area contributed by atoms with Gasteiger partial charge in [0, 0.05) is 5.56 Å². The first-order chi connectivity index (χ1) is 8.13. The van der Waals surface area contributed by atoms with Crippen molar-refractivity contribution in [2.75, 3.05) is 7.11 Å². The largest absolute Gasteiger partial charge is 0.496 e. The molecule has 0 amide bonds. The highest BCUT2D eigenvalue weighted by molar-refractivity contribution is 9.10. The van der Waals surface area contributed by atoms with Crippen molar-refractivity contribution in [3.63, 3.8) is 0 Å². The number of carbonyl (C=O) groups is 1. The van der Waals surface area contributed by atoms with Gasteiger partial charge in [-0.3, -0.25) is 4.79 Å². The third kappa shape index (κ3) is 2.42. The lowest BCUT2D eigenvalue weighted by molar-refractivity contribution is 0.104. The number of methoxy groups -OCH3 is 1. The Bertz CT molecular complexity index is 560. The molecule has 0 unspecified atom stereocenters. The Morgan fingerprint density at radius 1 is 1.35 bits per heavy atom. The zero-order valence-electron chi connectivity index (χ0n) is 9.49. The van der Waals surface area contributed by atoms with Gasteiger partial charge >= 0.3 is 0 Å². The van der Waals surface area contributed by atoms with Gasteiger partial charge in [0.1, 0.15) is 5.75 Å². The fourth-order valence-electron chi connectivity index (χ4n) is 1.54.